The molecule has 0 radical (unpaired) electrons. The van der Waals surface area contributed by atoms with E-state index in [1.165, 1.54) is 51.4 Å². The predicted octanol–water partition coefficient (Wildman–Crippen LogP) is 2.73. The predicted molar refractivity (Wildman–Crippen MR) is 69.9 cm³/mol. The average Bonchev–Trinajstić information content (AvgIpc) is 2.54. The van der Waals surface area contributed by atoms with Gasteiger partial charge < -0.3 is 5.73 Å². The molecule has 0 aromatic rings. The van der Waals surface area contributed by atoms with E-state index in [1.54, 1.807) is 0 Å². The van der Waals surface area contributed by atoms with Crippen LogP contribution in [0.15, 0.2) is 0 Å². The summed E-state index contributed by atoms with van der Waals surface area (Å²) in [5.74, 6) is 0. The first-order valence-corrected chi connectivity index (χ1v) is 8.21. The van der Waals surface area contributed by atoms with Crippen LogP contribution in [0.4, 0.5) is 0 Å². The fourth-order valence-corrected chi connectivity index (χ4v) is 5.31. The molecule has 0 aromatic carbocycles. The lowest BCUT2D eigenvalue weighted by molar-refractivity contribution is 0.493. The van der Waals surface area contributed by atoms with Gasteiger partial charge in [0.15, 0.2) is 0 Å². The topological polar surface area (TPSA) is 43.1 Å². The van der Waals surface area contributed by atoms with E-state index in [2.05, 4.69) is 0 Å². The molecule has 0 amide bonds. The Labute approximate surface area is 102 Å². The SMILES string of the molecule is NC1CCCCCC1S(=O)C1CCCCC1. The summed E-state index contributed by atoms with van der Waals surface area (Å²) in [7, 11) is -0.659. The lowest BCUT2D eigenvalue weighted by Crippen LogP contribution is -2.41. The van der Waals surface area contributed by atoms with Crippen LogP contribution >= 0.6 is 0 Å². The number of nitrogens with two attached hydrogens (primary N) is 1. The number of rotatable bonds is 2. The molecule has 2 N–H and O–H groups in total. The lowest BCUT2D eigenvalue weighted by Gasteiger charge is -2.28. The Morgan fingerprint density at radius 1 is 0.812 bits per heavy atom. The quantitative estimate of drug-likeness (QED) is 0.758. The van der Waals surface area contributed by atoms with Crippen LogP contribution in [0.2, 0.25) is 0 Å². The molecule has 2 saturated carbocycles. The minimum absolute atomic E-state index is 0.199. The van der Waals surface area contributed by atoms with Crippen molar-refractivity contribution in [3.05, 3.63) is 0 Å². The standard InChI is InChI=1S/C13H25NOS/c14-12-9-5-2-6-10-13(12)16(15)11-7-3-1-4-8-11/h11-13H,1-10,14H2. The van der Waals surface area contributed by atoms with Gasteiger partial charge in [-0.3, -0.25) is 4.21 Å². The highest BCUT2D eigenvalue weighted by molar-refractivity contribution is 7.86. The van der Waals surface area contributed by atoms with Crippen molar-refractivity contribution in [2.24, 2.45) is 5.73 Å². The maximum Gasteiger partial charge on any atom is 0.0501 e. The van der Waals surface area contributed by atoms with Crippen molar-refractivity contribution < 1.29 is 4.21 Å². The van der Waals surface area contributed by atoms with Crippen LogP contribution in [0.5, 0.6) is 0 Å². The second kappa shape index (κ2) is 6.15. The first-order valence-electron chi connectivity index (χ1n) is 6.94. The van der Waals surface area contributed by atoms with Gasteiger partial charge in [-0.05, 0) is 25.7 Å². The van der Waals surface area contributed by atoms with Gasteiger partial charge in [-0.25, -0.2) is 0 Å². The first kappa shape index (κ1) is 12.6. The smallest absolute Gasteiger partial charge is 0.0501 e. The Kier molecular flexibility index (Phi) is 4.83. The molecule has 2 fully saturated rings. The van der Waals surface area contributed by atoms with E-state index in [0.29, 0.717) is 10.5 Å². The average molecular weight is 243 g/mol. The van der Waals surface area contributed by atoms with E-state index >= 15 is 0 Å². The maximum absolute atomic E-state index is 12.5. The van der Waals surface area contributed by atoms with Crippen molar-refractivity contribution in [2.45, 2.75) is 80.7 Å². The van der Waals surface area contributed by atoms with Gasteiger partial charge in [0, 0.05) is 22.1 Å². The highest BCUT2D eigenvalue weighted by atomic mass is 32.2. The normalized spacial score (nSPS) is 35.6. The largest absolute Gasteiger partial charge is 0.327 e. The van der Waals surface area contributed by atoms with Gasteiger partial charge in [0.25, 0.3) is 0 Å². The van der Waals surface area contributed by atoms with E-state index in [0.717, 1.165) is 12.8 Å². The fourth-order valence-electron chi connectivity index (χ4n) is 3.14. The summed E-state index contributed by atoms with van der Waals surface area (Å²) in [6, 6.07) is 0.199. The van der Waals surface area contributed by atoms with E-state index in [-0.39, 0.29) is 6.04 Å². The molecule has 94 valence electrons. The molecule has 16 heavy (non-hydrogen) atoms. The van der Waals surface area contributed by atoms with Crippen LogP contribution in [0.25, 0.3) is 0 Å². The van der Waals surface area contributed by atoms with Gasteiger partial charge >= 0.3 is 0 Å². The van der Waals surface area contributed by atoms with Gasteiger partial charge in [0.05, 0.1) is 5.25 Å². The van der Waals surface area contributed by atoms with Crippen LogP contribution in [0.3, 0.4) is 0 Å². The van der Waals surface area contributed by atoms with Gasteiger partial charge in [0.2, 0.25) is 0 Å². The summed E-state index contributed by atoms with van der Waals surface area (Å²) in [6.07, 6.45) is 12.2. The van der Waals surface area contributed by atoms with E-state index in [4.69, 9.17) is 5.73 Å². The Morgan fingerprint density at radius 3 is 2.06 bits per heavy atom. The molecule has 0 heterocycles. The minimum Gasteiger partial charge on any atom is -0.327 e. The van der Waals surface area contributed by atoms with Crippen molar-refractivity contribution in [3.8, 4) is 0 Å². The molecule has 3 heteroatoms. The Hall–Kier alpha value is 0.110. The summed E-state index contributed by atoms with van der Waals surface area (Å²) >= 11 is 0. The third kappa shape index (κ3) is 3.07. The fraction of sp³-hybridized carbons (Fsp3) is 1.00. The molecule has 2 aliphatic carbocycles. The Balaban J connectivity index is 1.95. The summed E-state index contributed by atoms with van der Waals surface area (Å²) in [6.45, 7) is 0. The van der Waals surface area contributed by atoms with Gasteiger partial charge in [-0.1, -0.05) is 38.5 Å². The van der Waals surface area contributed by atoms with Crippen LogP contribution in [0, 0.1) is 0 Å². The van der Waals surface area contributed by atoms with Gasteiger partial charge in [0.1, 0.15) is 0 Å². The summed E-state index contributed by atoms with van der Waals surface area (Å²) in [5, 5.41) is 0.758. The molecule has 3 unspecified atom stereocenters. The molecular weight excluding hydrogens is 218 g/mol. The second-order valence-corrected chi connectivity index (χ2v) is 7.36. The molecule has 2 rings (SSSR count). The summed E-state index contributed by atoms with van der Waals surface area (Å²) in [4.78, 5) is 0. The lowest BCUT2D eigenvalue weighted by atomic mass is 10.0. The van der Waals surface area contributed by atoms with Crippen molar-refractivity contribution >= 4 is 10.8 Å². The first-order chi connectivity index (χ1) is 7.79. The van der Waals surface area contributed by atoms with Crippen molar-refractivity contribution in [1.29, 1.82) is 0 Å². The molecule has 0 spiro atoms. The van der Waals surface area contributed by atoms with Crippen LogP contribution in [0.1, 0.15) is 64.2 Å². The molecule has 3 atom stereocenters. The van der Waals surface area contributed by atoms with Crippen molar-refractivity contribution in [1.82, 2.24) is 0 Å². The Bertz CT molecular complexity index is 238. The molecule has 2 aliphatic rings. The van der Waals surface area contributed by atoms with Crippen LogP contribution < -0.4 is 5.73 Å². The summed E-state index contributed by atoms with van der Waals surface area (Å²) < 4.78 is 12.5. The Morgan fingerprint density at radius 2 is 1.38 bits per heavy atom. The number of hydrogen-bond acceptors (Lipinski definition) is 2. The molecule has 0 aliphatic heterocycles. The number of hydrogen-bond donors (Lipinski definition) is 1. The third-order valence-electron chi connectivity index (χ3n) is 4.18. The minimum atomic E-state index is -0.659. The van der Waals surface area contributed by atoms with Crippen LogP contribution in [-0.4, -0.2) is 20.8 Å². The maximum atomic E-state index is 12.5. The monoisotopic (exact) mass is 243 g/mol. The summed E-state index contributed by atoms with van der Waals surface area (Å²) in [5.41, 5.74) is 6.19. The second-order valence-electron chi connectivity index (χ2n) is 5.43. The molecule has 2 nitrogen and oxygen atoms in total. The highest BCUT2D eigenvalue weighted by Gasteiger charge is 2.31. The molecule has 0 bridgehead atoms. The van der Waals surface area contributed by atoms with Crippen LogP contribution in [-0.2, 0) is 10.8 Å². The zero-order valence-corrected chi connectivity index (χ0v) is 11.0. The molecular formula is C13H25NOS. The van der Waals surface area contributed by atoms with Crippen molar-refractivity contribution in [3.63, 3.8) is 0 Å². The van der Waals surface area contributed by atoms with E-state index in [1.807, 2.05) is 0 Å². The van der Waals surface area contributed by atoms with E-state index < -0.39 is 10.8 Å². The van der Waals surface area contributed by atoms with Gasteiger partial charge in [-0.15, -0.1) is 0 Å². The van der Waals surface area contributed by atoms with Crippen molar-refractivity contribution in [2.75, 3.05) is 0 Å². The van der Waals surface area contributed by atoms with E-state index in [9.17, 15) is 4.21 Å². The zero-order valence-electron chi connectivity index (χ0n) is 10.2. The molecule has 0 saturated heterocycles. The molecule has 0 aromatic heterocycles. The third-order valence-corrected chi connectivity index (χ3v) is 6.49. The van der Waals surface area contributed by atoms with Gasteiger partial charge in [-0.2, -0.15) is 0 Å². The zero-order chi connectivity index (χ0) is 11.4. The highest BCUT2D eigenvalue weighted by Crippen LogP contribution is 2.28.